The van der Waals surface area contributed by atoms with Crippen molar-refractivity contribution in [1.29, 1.82) is 0 Å². The first-order valence-corrected chi connectivity index (χ1v) is 9.83. The van der Waals surface area contributed by atoms with Crippen molar-refractivity contribution in [1.82, 2.24) is 5.01 Å². The zero-order chi connectivity index (χ0) is 19.4. The van der Waals surface area contributed by atoms with Crippen LogP contribution in [0.3, 0.4) is 0 Å². The molecule has 2 aromatic carbocycles. The van der Waals surface area contributed by atoms with Crippen molar-refractivity contribution < 1.29 is 14.3 Å². The molecule has 3 rings (SSSR count). The molecule has 0 aromatic heterocycles. The predicted octanol–water partition coefficient (Wildman–Crippen LogP) is 4.70. The number of carbonyl (C=O) groups excluding carboxylic acids is 1. The van der Waals surface area contributed by atoms with Gasteiger partial charge in [0.15, 0.2) is 4.32 Å². The van der Waals surface area contributed by atoms with Gasteiger partial charge in [-0.3, -0.25) is 4.79 Å². The van der Waals surface area contributed by atoms with Gasteiger partial charge in [-0.25, -0.2) is 0 Å². The Morgan fingerprint density at radius 2 is 1.89 bits per heavy atom. The van der Waals surface area contributed by atoms with E-state index < -0.39 is 0 Å². The molecule has 138 valence electrons. The largest absolute Gasteiger partial charge is 0.496 e. The first kappa shape index (κ1) is 19.6. The summed E-state index contributed by atoms with van der Waals surface area (Å²) in [6.07, 6.45) is 3.35. The van der Waals surface area contributed by atoms with Crippen molar-refractivity contribution in [3.8, 4) is 11.5 Å². The van der Waals surface area contributed by atoms with Gasteiger partial charge in [0.1, 0.15) is 11.5 Å². The molecule has 0 aliphatic carbocycles. The van der Waals surface area contributed by atoms with Gasteiger partial charge in [0.05, 0.1) is 29.8 Å². The highest BCUT2D eigenvalue weighted by Gasteiger charge is 2.32. The molecular weight excluding hydrogens is 448 g/mol. The molecule has 0 bridgehead atoms. The van der Waals surface area contributed by atoms with Crippen LogP contribution in [0.15, 0.2) is 56.9 Å². The van der Waals surface area contributed by atoms with Crippen LogP contribution >= 0.6 is 39.9 Å². The van der Waals surface area contributed by atoms with Crippen molar-refractivity contribution in [3.63, 3.8) is 0 Å². The zero-order valence-electron chi connectivity index (χ0n) is 14.5. The number of hydrazone groups is 1. The molecule has 0 atom stereocenters. The summed E-state index contributed by atoms with van der Waals surface area (Å²) in [6.45, 7) is 0. The Kier molecular flexibility index (Phi) is 6.30. The molecule has 0 unspecified atom stereocenters. The Bertz CT molecular complexity index is 960. The number of thioether (sulfide) groups is 1. The highest BCUT2D eigenvalue weighted by atomic mass is 79.9. The molecule has 27 heavy (non-hydrogen) atoms. The fourth-order valence-corrected chi connectivity index (χ4v) is 4.10. The maximum absolute atomic E-state index is 12.7. The van der Waals surface area contributed by atoms with Gasteiger partial charge in [0.25, 0.3) is 5.91 Å². The average Bonchev–Trinajstić information content (AvgIpc) is 2.93. The molecule has 0 spiro atoms. The van der Waals surface area contributed by atoms with E-state index in [-0.39, 0.29) is 5.91 Å². The second-order valence-electron chi connectivity index (χ2n) is 5.37. The van der Waals surface area contributed by atoms with Crippen LogP contribution in [0.25, 0.3) is 6.08 Å². The van der Waals surface area contributed by atoms with Crippen LogP contribution < -0.4 is 9.47 Å². The molecule has 0 saturated carbocycles. The van der Waals surface area contributed by atoms with E-state index in [2.05, 4.69) is 21.0 Å². The first-order chi connectivity index (χ1) is 13.0. The summed E-state index contributed by atoms with van der Waals surface area (Å²) in [5, 5.41) is 5.47. The fraction of sp³-hybridized carbons (Fsp3) is 0.105. The number of thiocarbonyl (C=S) groups is 1. The van der Waals surface area contributed by atoms with Gasteiger partial charge in [-0.15, -0.1) is 0 Å². The highest BCUT2D eigenvalue weighted by Crippen LogP contribution is 2.34. The number of hydrogen-bond acceptors (Lipinski definition) is 6. The monoisotopic (exact) mass is 462 g/mol. The van der Waals surface area contributed by atoms with Gasteiger partial charge < -0.3 is 9.47 Å². The third-order valence-corrected chi connectivity index (χ3v) is 5.60. The van der Waals surface area contributed by atoms with Crippen LogP contribution in [0.2, 0.25) is 0 Å². The maximum Gasteiger partial charge on any atom is 0.286 e. The molecule has 8 heteroatoms. The number of methoxy groups -OCH3 is 2. The Balaban J connectivity index is 1.82. The molecule has 2 aromatic rings. The van der Waals surface area contributed by atoms with Crippen LogP contribution in [0.4, 0.5) is 0 Å². The number of carbonyl (C=O) groups is 1. The van der Waals surface area contributed by atoms with Gasteiger partial charge in [0.2, 0.25) is 0 Å². The van der Waals surface area contributed by atoms with Crippen molar-refractivity contribution >= 4 is 62.4 Å². The van der Waals surface area contributed by atoms with E-state index in [1.807, 2.05) is 42.5 Å². The van der Waals surface area contributed by atoms with Gasteiger partial charge in [-0.05, 0) is 64.1 Å². The van der Waals surface area contributed by atoms with Crippen molar-refractivity contribution in [2.75, 3.05) is 14.2 Å². The van der Waals surface area contributed by atoms with Crippen LogP contribution in [0, 0.1) is 0 Å². The molecule has 0 N–H and O–H groups in total. The number of nitrogens with zero attached hydrogens (tertiary/aromatic N) is 2. The minimum atomic E-state index is -0.264. The SMILES string of the molecule is COc1ccc(C=NN2C(=O)C(=Cc3ccccc3OC)SC2=S)cc1Br. The molecule has 1 heterocycles. The topological polar surface area (TPSA) is 51.1 Å². The minimum Gasteiger partial charge on any atom is -0.496 e. The third-order valence-electron chi connectivity index (χ3n) is 3.70. The maximum atomic E-state index is 12.7. The number of benzene rings is 2. The Labute approximate surface area is 175 Å². The quantitative estimate of drug-likeness (QED) is 0.366. The number of hydrogen-bond donors (Lipinski definition) is 0. The Hall–Kier alpha value is -2.16. The lowest BCUT2D eigenvalue weighted by atomic mass is 10.2. The molecule has 0 radical (unpaired) electrons. The van der Waals surface area contributed by atoms with Crippen LogP contribution in [-0.2, 0) is 4.79 Å². The summed E-state index contributed by atoms with van der Waals surface area (Å²) < 4.78 is 11.7. The summed E-state index contributed by atoms with van der Waals surface area (Å²) in [5.41, 5.74) is 1.62. The Morgan fingerprint density at radius 3 is 2.59 bits per heavy atom. The third kappa shape index (κ3) is 4.40. The molecular formula is C19H15BrN2O3S2. The summed E-state index contributed by atoms with van der Waals surface area (Å²) >= 11 is 9.94. The molecule has 1 aliphatic heterocycles. The second kappa shape index (κ2) is 8.69. The summed E-state index contributed by atoms with van der Waals surface area (Å²) in [5.74, 6) is 1.14. The zero-order valence-corrected chi connectivity index (χ0v) is 17.7. The van der Waals surface area contributed by atoms with Gasteiger partial charge >= 0.3 is 0 Å². The van der Waals surface area contributed by atoms with E-state index in [9.17, 15) is 4.79 Å². The number of para-hydroxylation sites is 1. The van der Waals surface area contributed by atoms with E-state index in [4.69, 9.17) is 21.7 Å². The normalized spacial score (nSPS) is 15.8. The molecule has 1 amide bonds. The van der Waals surface area contributed by atoms with E-state index in [0.29, 0.717) is 15.0 Å². The highest BCUT2D eigenvalue weighted by molar-refractivity contribution is 9.10. The van der Waals surface area contributed by atoms with Crippen molar-refractivity contribution in [2.24, 2.45) is 5.10 Å². The van der Waals surface area contributed by atoms with Gasteiger partial charge in [0, 0.05) is 5.56 Å². The molecule has 1 fully saturated rings. The number of ether oxygens (including phenoxy) is 2. The average molecular weight is 463 g/mol. The van der Waals surface area contributed by atoms with E-state index in [1.54, 1.807) is 26.5 Å². The summed E-state index contributed by atoms with van der Waals surface area (Å²) in [7, 11) is 3.19. The summed E-state index contributed by atoms with van der Waals surface area (Å²) in [4.78, 5) is 13.2. The van der Waals surface area contributed by atoms with E-state index >= 15 is 0 Å². The molecule has 1 saturated heterocycles. The smallest absolute Gasteiger partial charge is 0.286 e. The second-order valence-corrected chi connectivity index (χ2v) is 7.90. The standard InChI is InChI=1S/C19H15BrN2O3S2/c1-24-15-6-4-3-5-13(15)10-17-18(23)22(19(26)27-17)21-11-12-7-8-16(25-2)14(20)9-12/h3-11H,1-2H3. The first-order valence-electron chi connectivity index (χ1n) is 7.82. The van der Waals surface area contributed by atoms with Gasteiger partial charge in [-0.1, -0.05) is 30.0 Å². The predicted molar refractivity (Wildman–Crippen MR) is 116 cm³/mol. The van der Waals surface area contributed by atoms with Crippen LogP contribution in [0.1, 0.15) is 11.1 Å². The minimum absolute atomic E-state index is 0.264. The molecule has 1 aliphatic rings. The number of amides is 1. The lowest BCUT2D eigenvalue weighted by molar-refractivity contribution is -0.122. The van der Waals surface area contributed by atoms with Gasteiger partial charge in [-0.2, -0.15) is 10.1 Å². The summed E-state index contributed by atoms with van der Waals surface area (Å²) in [6, 6.07) is 13.0. The number of rotatable bonds is 5. The fourth-order valence-electron chi connectivity index (χ4n) is 2.37. The van der Waals surface area contributed by atoms with Crippen LogP contribution in [0.5, 0.6) is 11.5 Å². The molecule has 5 nitrogen and oxygen atoms in total. The van der Waals surface area contributed by atoms with Crippen LogP contribution in [-0.4, -0.2) is 35.7 Å². The van der Waals surface area contributed by atoms with E-state index in [1.165, 1.54) is 16.8 Å². The van der Waals surface area contributed by atoms with E-state index in [0.717, 1.165) is 21.3 Å². The Morgan fingerprint density at radius 1 is 1.15 bits per heavy atom. The number of halogens is 1. The van der Waals surface area contributed by atoms with Crippen molar-refractivity contribution in [2.45, 2.75) is 0 Å². The lowest BCUT2D eigenvalue weighted by Crippen LogP contribution is -2.22. The van der Waals surface area contributed by atoms with Crippen molar-refractivity contribution in [3.05, 3.63) is 63.0 Å². The lowest BCUT2D eigenvalue weighted by Gasteiger charge is -2.07.